The van der Waals surface area contributed by atoms with Crippen molar-refractivity contribution in [2.45, 2.75) is 16.7 Å². The molecule has 1 saturated heterocycles. The molecule has 0 amide bonds. The van der Waals surface area contributed by atoms with E-state index in [1.165, 1.54) is 18.9 Å². The molecular weight excluding hydrogens is 268 g/mol. The number of rotatable bonds is 1. The van der Waals surface area contributed by atoms with E-state index < -0.39 is 11.3 Å². The third-order valence-electron chi connectivity index (χ3n) is 2.49. The second kappa shape index (κ2) is 4.35. The number of hydrogen-bond donors (Lipinski definition) is 2. The molecule has 0 aromatic rings. The minimum absolute atomic E-state index is 0.0185. The Morgan fingerprint density at radius 3 is 3.06 bits per heavy atom. The van der Waals surface area contributed by atoms with Crippen LogP contribution in [0.1, 0.15) is 0 Å². The van der Waals surface area contributed by atoms with E-state index in [4.69, 9.17) is 29.2 Å². The van der Waals surface area contributed by atoms with Crippen LogP contribution in [0.2, 0.25) is 0 Å². The van der Waals surface area contributed by atoms with Crippen molar-refractivity contribution in [1.82, 2.24) is 5.32 Å². The Labute approximate surface area is 107 Å². The second-order valence-corrected chi connectivity index (χ2v) is 5.75. The van der Waals surface area contributed by atoms with Gasteiger partial charge in [0.05, 0.1) is 35.1 Å². The first kappa shape index (κ1) is 11.9. The lowest BCUT2D eigenvalue weighted by Crippen LogP contribution is -2.44. The number of alkyl halides is 1. The minimum Gasteiger partial charge on any atom is -0.465 e. The summed E-state index contributed by atoms with van der Waals surface area (Å²) in [4.78, 5) is 11.4. The summed E-state index contributed by atoms with van der Waals surface area (Å²) in [5, 5.41) is 10.3. The molecule has 1 fully saturated rings. The van der Waals surface area contributed by atoms with E-state index in [0.717, 1.165) is 0 Å². The quantitative estimate of drug-likeness (QED) is 0.426. The monoisotopic (exact) mass is 276 g/mol. The molecular formula is C9H9ClN2O2S2. The highest BCUT2D eigenvalue weighted by Gasteiger charge is 2.43. The van der Waals surface area contributed by atoms with Crippen LogP contribution < -0.4 is 5.32 Å². The third-order valence-corrected chi connectivity index (χ3v) is 4.70. The Morgan fingerprint density at radius 2 is 2.44 bits per heavy atom. The van der Waals surface area contributed by atoms with Gasteiger partial charge >= 0.3 is 5.97 Å². The summed E-state index contributed by atoms with van der Waals surface area (Å²) in [6, 6.07) is -0.0943. The summed E-state index contributed by atoms with van der Waals surface area (Å²) < 4.78 is 5.26. The lowest BCUT2D eigenvalue weighted by molar-refractivity contribution is -0.135. The molecule has 86 valence electrons. The topological polar surface area (TPSA) is 62.2 Å². The second-order valence-electron chi connectivity index (χ2n) is 3.43. The van der Waals surface area contributed by atoms with Gasteiger partial charge < -0.3 is 15.5 Å². The Kier molecular flexibility index (Phi) is 3.23. The third kappa shape index (κ3) is 1.85. The number of ether oxygens (including phenoxy) is 1. The van der Waals surface area contributed by atoms with Gasteiger partial charge in [-0.15, -0.1) is 11.6 Å². The smallest absolute Gasteiger partial charge is 0.339 e. The Morgan fingerprint density at radius 1 is 1.75 bits per heavy atom. The van der Waals surface area contributed by atoms with Crippen molar-refractivity contribution in [2.24, 2.45) is 0 Å². The molecule has 16 heavy (non-hydrogen) atoms. The number of methoxy groups -OCH3 is 1. The number of carbonyl (C=O) groups excluding carboxylic acids is 1. The van der Waals surface area contributed by atoms with Crippen molar-refractivity contribution in [2.75, 3.05) is 7.11 Å². The molecule has 4 nitrogen and oxygen atoms in total. The van der Waals surface area contributed by atoms with E-state index in [9.17, 15) is 4.79 Å². The predicted molar refractivity (Wildman–Crippen MR) is 68.4 cm³/mol. The molecule has 1 aliphatic heterocycles. The van der Waals surface area contributed by atoms with E-state index in [1.807, 2.05) is 0 Å². The molecule has 3 atom stereocenters. The Hall–Kier alpha value is -0.590. The normalized spacial score (nSPS) is 32.9. The largest absolute Gasteiger partial charge is 0.465 e. The van der Waals surface area contributed by atoms with Crippen LogP contribution in [0.5, 0.6) is 0 Å². The molecule has 0 aromatic carbocycles. The van der Waals surface area contributed by atoms with E-state index in [-0.39, 0.29) is 22.6 Å². The van der Waals surface area contributed by atoms with Crippen molar-refractivity contribution in [3.63, 3.8) is 0 Å². The maximum atomic E-state index is 11.4. The molecule has 0 saturated carbocycles. The molecule has 0 aromatic heterocycles. The highest BCUT2D eigenvalue weighted by Crippen LogP contribution is 2.35. The van der Waals surface area contributed by atoms with Crippen molar-refractivity contribution in [1.29, 1.82) is 5.41 Å². The standard InChI is InChI=1S/C9H9ClN2O2S2/c1-14-8(13)3-2-4-7(5(10)6(3)11)16-9(15)12-4/h2,4-5,7,11H,1H3,(H,12,15). The Balaban J connectivity index is 2.34. The maximum Gasteiger partial charge on any atom is 0.339 e. The number of thioether (sulfide) groups is 1. The van der Waals surface area contributed by atoms with Gasteiger partial charge in [-0.05, 0) is 6.08 Å². The summed E-state index contributed by atoms with van der Waals surface area (Å²) in [5.41, 5.74) is 0.329. The van der Waals surface area contributed by atoms with Gasteiger partial charge in [0.1, 0.15) is 4.32 Å². The van der Waals surface area contributed by atoms with Gasteiger partial charge in [0.25, 0.3) is 0 Å². The first-order valence-corrected chi connectivity index (χ1v) is 6.27. The average molecular weight is 277 g/mol. The lowest BCUT2D eigenvalue weighted by atomic mass is 9.93. The summed E-state index contributed by atoms with van der Waals surface area (Å²) >= 11 is 12.6. The summed E-state index contributed by atoms with van der Waals surface area (Å²) in [7, 11) is 1.28. The lowest BCUT2D eigenvalue weighted by Gasteiger charge is -2.27. The van der Waals surface area contributed by atoms with Crippen molar-refractivity contribution in [3.8, 4) is 0 Å². The van der Waals surface area contributed by atoms with Crippen LogP contribution in [-0.2, 0) is 9.53 Å². The van der Waals surface area contributed by atoms with Gasteiger partial charge in [-0.3, -0.25) is 0 Å². The van der Waals surface area contributed by atoms with E-state index in [1.54, 1.807) is 6.08 Å². The van der Waals surface area contributed by atoms with Crippen molar-refractivity contribution < 1.29 is 9.53 Å². The number of halogens is 1. The molecule has 7 heteroatoms. The van der Waals surface area contributed by atoms with Gasteiger partial charge in [-0.25, -0.2) is 4.79 Å². The van der Waals surface area contributed by atoms with Gasteiger partial charge in [-0.2, -0.15) is 0 Å². The van der Waals surface area contributed by atoms with E-state index in [0.29, 0.717) is 4.32 Å². The highest BCUT2D eigenvalue weighted by atomic mass is 35.5. The van der Waals surface area contributed by atoms with Crippen LogP contribution in [-0.4, -0.2) is 39.8 Å². The van der Waals surface area contributed by atoms with Crippen LogP contribution >= 0.6 is 35.6 Å². The van der Waals surface area contributed by atoms with Gasteiger partial charge in [-0.1, -0.05) is 24.0 Å². The van der Waals surface area contributed by atoms with Crippen molar-refractivity contribution >= 4 is 51.6 Å². The molecule has 1 aliphatic carbocycles. The van der Waals surface area contributed by atoms with Gasteiger partial charge in [0.15, 0.2) is 0 Å². The zero-order valence-corrected chi connectivity index (χ0v) is 10.7. The molecule has 1 heterocycles. The summed E-state index contributed by atoms with van der Waals surface area (Å²) in [6.45, 7) is 0. The van der Waals surface area contributed by atoms with E-state index in [2.05, 4.69) is 10.1 Å². The van der Waals surface area contributed by atoms with Crippen LogP contribution in [0.4, 0.5) is 0 Å². The minimum atomic E-state index is -0.529. The predicted octanol–water partition coefficient (Wildman–Crippen LogP) is 1.09. The van der Waals surface area contributed by atoms with Crippen LogP contribution in [0, 0.1) is 5.41 Å². The summed E-state index contributed by atoms with van der Waals surface area (Å²) in [6.07, 6.45) is 1.67. The van der Waals surface area contributed by atoms with Gasteiger partial charge in [0, 0.05) is 0 Å². The molecule has 0 spiro atoms. The fourth-order valence-corrected chi connectivity index (χ4v) is 3.60. The average Bonchev–Trinajstić information content (AvgIpc) is 2.63. The maximum absolute atomic E-state index is 11.4. The van der Waals surface area contributed by atoms with Crippen LogP contribution in [0.15, 0.2) is 11.6 Å². The fraction of sp³-hybridized carbons (Fsp3) is 0.444. The first-order valence-electron chi connectivity index (χ1n) is 4.54. The zero-order valence-electron chi connectivity index (χ0n) is 8.32. The van der Waals surface area contributed by atoms with Crippen LogP contribution in [0.25, 0.3) is 0 Å². The number of thiocarbonyl (C=S) groups is 1. The number of hydrogen-bond acceptors (Lipinski definition) is 5. The van der Waals surface area contributed by atoms with Crippen LogP contribution in [0.3, 0.4) is 0 Å². The number of carbonyl (C=O) groups is 1. The molecule has 2 aliphatic rings. The number of nitrogens with one attached hydrogen (secondary N) is 2. The number of esters is 1. The number of fused-ring (bicyclic) bond motifs is 1. The fourth-order valence-electron chi connectivity index (χ4n) is 1.70. The molecule has 2 N–H and O–H groups in total. The summed E-state index contributed by atoms with van der Waals surface area (Å²) in [5.74, 6) is -0.529. The van der Waals surface area contributed by atoms with Crippen molar-refractivity contribution in [3.05, 3.63) is 11.6 Å². The SMILES string of the molecule is COC(=O)C1=CC2NC(=S)SC2C(Cl)C1=N. The molecule has 2 rings (SSSR count). The Bertz CT molecular complexity index is 410. The van der Waals surface area contributed by atoms with E-state index >= 15 is 0 Å². The highest BCUT2D eigenvalue weighted by molar-refractivity contribution is 8.23. The molecule has 0 radical (unpaired) electrons. The molecule has 3 unspecified atom stereocenters. The zero-order chi connectivity index (χ0) is 11.9. The molecule has 0 bridgehead atoms. The first-order chi connectivity index (χ1) is 7.54. The van der Waals surface area contributed by atoms with Gasteiger partial charge in [0.2, 0.25) is 0 Å².